The Morgan fingerprint density at radius 2 is 2.19 bits per heavy atom. The Kier molecular flexibility index (Phi) is 5.39. The van der Waals surface area contributed by atoms with Crippen LogP contribution in [0.2, 0.25) is 0 Å². The molecule has 0 radical (unpaired) electrons. The lowest BCUT2D eigenvalue weighted by Gasteiger charge is -2.35. The summed E-state index contributed by atoms with van der Waals surface area (Å²) >= 11 is 0. The van der Waals surface area contributed by atoms with Crippen LogP contribution < -0.4 is 5.32 Å². The average Bonchev–Trinajstić information content (AvgIpc) is 2.75. The van der Waals surface area contributed by atoms with Crippen molar-refractivity contribution in [3.63, 3.8) is 0 Å². The van der Waals surface area contributed by atoms with Crippen LogP contribution in [0.25, 0.3) is 0 Å². The standard InChI is InChI=1S/C16H27N3O2/c1-11(2)10-19-8-6-5-7-15(19)16(20)17-9-14-12(3)18-21-13(14)4/h11,15H,5-10H2,1-4H3,(H,17,20). The van der Waals surface area contributed by atoms with Gasteiger partial charge < -0.3 is 9.84 Å². The molecule has 1 amide bonds. The van der Waals surface area contributed by atoms with Gasteiger partial charge >= 0.3 is 0 Å². The first-order valence-electron chi connectivity index (χ1n) is 7.92. The van der Waals surface area contributed by atoms with E-state index in [1.54, 1.807) is 0 Å². The Hall–Kier alpha value is -1.36. The number of nitrogens with one attached hydrogen (secondary N) is 1. The first-order valence-corrected chi connectivity index (χ1v) is 7.92. The van der Waals surface area contributed by atoms with Gasteiger partial charge in [0.25, 0.3) is 0 Å². The molecule has 1 fully saturated rings. The SMILES string of the molecule is Cc1noc(C)c1CNC(=O)C1CCCCN1CC(C)C. The number of nitrogens with zero attached hydrogens (tertiary/aromatic N) is 2. The monoisotopic (exact) mass is 293 g/mol. The number of hydrogen-bond acceptors (Lipinski definition) is 4. The number of amides is 1. The Balaban J connectivity index is 1.94. The van der Waals surface area contributed by atoms with Gasteiger partial charge in [-0.3, -0.25) is 9.69 Å². The van der Waals surface area contributed by atoms with Crippen LogP contribution in [-0.2, 0) is 11.3 Å². The fourth-order valence-electron chi connectivity index (χ4n) is 3.02. The highest BCUT2D eigenvalue weighted by Gasteiger charge is 2.28. The summed E-state index contributed by atoms with van der Waals surface area (Å²) in [4.78, 5) is 14.8. The third-order valence-corrected chi connectivity index (χ3v) is 4.14. The molecule has 0 aliphatic carbocycles. The summed E-state index contributed by atoms with van der Waals surface area (Å²) in [5.74, 6) is 1.51. The van der Waals surface area contributed by atoms with E-state index in [-0.39, 0.29) is 11.9 Å². The maximum absolute atomic E-state index is 12.5. The van der Waals surface area contributed by atoms with E-state index in [0.29, 0.717) is 12.5 Å². The molecule has 0 saturated carbocycles. The maximum atomic E-state index is 12.5. The lowest BCUT2D eigenvalue weighted by Crippen LogP contribution is -2.50. The topological polar surface area (TPSA) is 58.4 Å². The number of hydrogen-bond donors (Lipinski definition) is 1. The van der Waals surface area contributed by atoms with Crippen molar-refractivity contribution < 1.29 is 9.32 Å². The number of piperidine rings is 1. The quantitative estimate of drug-likeness (QED) is 0.906. The van der Waals surface area contributed by atoms with Crippen molar-refractivity contribution in [2.75, 3.05) is 13.1 Å². The van der Waals surface area contributed by atoms with Crippen LogP contribution in [0.3, 0.4) is 0 Å². The summed E-state index contributed by atoms with van der Waals surface area (Å²) < 4.78 is 5.14. The predicted octanol–water partition coefficient (Wildman–Crippen LogP) is 2.42. The van der Waals surface area contributed by atoms with Crippen LogP contribution in [0.5, 0.6) is 0 Å². The minimum Gasteiger partial charge on any atom is -0.361 e. The van der Waals surface area contributed by atoms with E-state index >= 15 is 0 Å². The molecule has 0 aromatic carbocycles. The number of carbonyl (C=O) groups excluding carboxylic acids is 1. The third-order valence-electron chi connectivity index (χ3n) is 4.14. The lowest BCUT2D eigenvalue weighted by molar-refractivity contribution is -0.128. The van der Waals surface area contributed by atoms with Crippen molar-refractivity contribution in [1.29, 1.82) is 0 Å². The van der Waals surface area contributed by atoms with Crippen LogP contribution >= 0.6 is 0 Å². The van der Waals surface area contributed by atoms with E-state index in [9.17, 15) is 4.79 Å². The fraction of sp³-hybridized carbons (Fsp3) is 0.750. The zero-order valence-electron chi connectivity index (χ0n) is 13.6. The average molecular weight is 293 g/mol. The summed E-state index contributed by atoms with van der Waals surface area (Å²) in [6.07, 6.45) is 3.29. The molecule has 5 nitrogen and oxygen atoms in total. The Bertz CT molecular complexity index is 462. The zero-order valence-corrected chi connectivity index (χ0v) is 13.6. The number of aryl methyl sites for hydroxylation is 2. The number of rotatable bonds is 5. The van der Waals surface area contributed by atoms with Gasteiger partial charge in [-0.2, -0.15) is 0 Å². The van der Waals surface area contributed by atoms with E-state index in [0.717, 1.165) is 42.9 Å². The third kappa shape index (κ3) is 4.06. The number of carbonyl (C=O) groups is 1. The molecule has 118 valence electrons. The van der Waals surface area contributed by atoms with Crippen molar-refractivity contribution in [3.8, 4) is 0 Å². The largest absolute Gasteiger partial charge is 0.361 e. The molecule has 1 unspecified atom stereocenters. The van der Waals surface area contributed by atoms with Crippen molar-refractivity contribution >= 4 is 5.91 Å². The second-order valence-electron chi connectivity index (χ2n) is 6.42. The van der Waals surface area contributed by atoms with E-state index in [1.807, 2.05) is 13.8 Å². The smallest absolute Gasteiger partial charge is 0.237 e. The van der Waals surface area contributed by atoms with Crippen molar-refractivity contribution in [2.24, 2.45) is 5.92 Å². The Morgan fingerprint density at radius 1 is 1.43 bits per heavy atom. The molecule has 1 aliphatic rings. The second kappa shape index (κ2) is 7.07. The Labute approximate surface area is 127 Å². The molecule has 2 rings (SSSR count). The molecule has 1 aromatic rings. The van der Waals surface area contributed by atoms with E-state index in [4.69, 9.17) is 4.52 Å². The summed E-state index contributed by atoms with van der Waals surface area (Å²) in [7, 11) is 0. The summed E-state index contributed by atoms with van der Waals surface area (Å²) in [5, 5.41) is 6.98. The summed E-state index contributed by atoms with van der Waals surface area (Å²) in [6, 6.07) is 0.0154. The first kappa shape index (κ1) is 16.0. The zero-order chi connectivity index (χ0) is 15.4. The van der Waals surface area contributed by atoms with Gasteiger partial charge in [0.05, 0.1) is 11.7 Å². The van der Waals surface area contributed by atoms with Gasteiger partial charge in [0.1, 0.15) is 5.76 Å². The molecule has 1 aromatic heterocycles. The molecular formula is C16H27N3O2. The molecular weight excluding hydrogens is 266 g/mol. The van der Waals surface area contributed by atoms with Gasteiger partial charge in [0.2, 0.25) is 5.91 Å². The summed E-state index contributed by atoms with van der Waals surface area (Å²) in [6.45, 7) is 10.7. The predicted molar refractivity (Wildman–Crippen MR) is 81.9 cm³/mol. The molecule has 5 heteroatoms. The van der Waals surface area contributed by atoms with Crippen LogP contribution in [0.15, 0.2) is 4.52 Å². The lowest BCUT2D eigenvalue weighted by atomic mass is 9.99. The van der Waals surface area contributed by atoms with Gasteiger partial charge in [0, 0.05) is 18.7 Å². The van der Waals surface area contributed by atoms with Crippen LogP contribution in [0.4, 0.5) is 0 Å². The number of aromatic nitrogens is 1. The molecule has 1 atom stereocenters. The minimum absolute atomic E-state index is 0.0154. The molecule has 0 spiro atoms. The molecule has 1 aliphatic heterocycles. The van der Waals surface area contributed by atoms with Crippen LogP contribution in [-0.4, -0.2) is 35.1 Å². The highest BCUT2D eigenvalue weighted by molar-refractivity contribution is 5.81. The highest BCUT2D eigenvalue weighted by atomic mass is 16.5. The first-order chi connectivity index (χ1) is 9.99. The Morgan fingerprint density at radius 3 is 2.81 bits per heavy atom. The van der Waals surface area contributed by atoms with Crippen molar-refractivity contribution in [2.45, 2.75) is 59.5 Å². The van der Waals surface area contributed by atoms with Gasteiger partial charge in [-0.05, 0) is 39.2 Å². The second-order valence-corrected chi connectivity index (χ2v) is 6.42. The van der Waals surface area contributed by atoms with Crippen molar-refractivity contribution in [3.05, 3.63) is 17.0 Å². The molecule has 1 saturated heterocycles. The minimum atomic E-state index is 0.0154. The van der Waals surface area contributed by atoms with Gasteiger partial charge in [0.15, 0.2) is 0 Å². The fourth-order valence-corrected chi connectivity index (χ4v) is 3.02. The van der Waals surface area contributed by atoms with E-state index < -0.39 is 0 Å². The summed E-state index contributed by atoms with van der Waals surface area (Å²) in [5.41, 5.74) is 1.85. The molecule has 21 heavy (non-hydrogen) atoms. The van der Waals surface area contributed by atoms with Crippen LogP contribution in [0, 0.1) is 19.8 Å². The molecule has 1 N–H and O–H groups in total. The normalized spacial score (nSPS) is 20.0. The molecule has 2 heterocycles. The highest BCUT2D eigenvalue weighted by Crippen LogP contribution is 2.19. The number of likely N-dealkylation sites (tertiary alicyclic amines) is 1. The maximum Gasteiger partial charge on any atom is 0.237 e. The van der Waals surface area contributed by atoms with Gasteiger partial charge in [-0.1, -0.05) is 25.4 Å². The van der Waals surface area contributed by atoms with Crippen molar-refractivity contribution in [1.82, 2.24) is 15.4 Å². The van der Waals surface area contributed by atoms with Gasteiger partial charge in [-0.25, -0.2) is 0 Å². The van der Waals surface area contributed by atoms with Crippen LogP contribution in [0.1, 0.15) is 50.1 Å². The van der Waals surface area contributed by atoms with E-state index in [2.05, 4.69) is 29.2 Å². The van der Waals surface area contributed by atoms with E-state index in [1.165, 1.54) is 6.42 Å². The molecule has 0 bridgehead atoms. The van der Waals surface area contributed by atoms with Gasteiger partial charge in [-0.15, -0.1) is 0 Å².